The Bertz CT molecular complexity index is 733. The molecule has 1 aliphatic heterocycles. The number of nitrogens with zero attached hydrogens (tertiary/aromatic N) is 4. The minimum Gasteiger partial charge on any atom is -0.436 e. The number of pyridine rings is 1. The monoisotopic (exact) mass is 342 g/mol. The van der Waals surface area contributed by atoms with Crippen LogP contribution < -0.4 is 0 Å². The Balaban J connectivity index is 1.44. The molecule has 3 rings (SSSR count). The van der Waals surface area contributed by atoms with Crippen molar-refractivity contribution in [2.45, 2.75) is 25.6 Å². The van der Waals surface area contributed by atoms with E-state index in [1.54, 1.807) is 17.3 Å². The molecule has 2 aromatic heterocycles. The number of hydrogen-bond acceptors (Lipinski definition) is 7. The number of likely N-dealkylation sites (tertiary alicyclic amines) is 1. The fraction of sp³-hybridized carbons (Fsp3) is 0.412. The lowest BCUT2D eigenvalue weighted by molar-refractivity contribution is -0.0116. The van der Waals surface area contributed by atoms with Crippen molar-refractivity contribution in [3.63, 3.8) is 0 Å². The van der Waals surface area contributed by atoms with Gasteiger partial charge in [-0.25, -0.2) is 4.79 Å². The largest absolute Gasteiger partial charge is 0.436 e. The van der Waals surface area contributed by atoms with E-state index >= 15 is 0 Å². The Labute approximate surface area is 145 Å². The Kier molecular flexibility index (Phi) is 5.59. The van der Waals surface area contributed by atoms with Gasteiger partial charge in [0.2, 0.25) is 5.82 Å². The van der Waals surface area contributed by atoms with E-state index in [4.69, 9.17) is 20.4 Å². The first-order valence-electron chi connectivity index (χ1n) is 7.96. The van der Waals surface area contributed by atoms with Gasteiger partial charge >= 0.3 is 6.09 Å². The van der Waals surface area contributed by atoms with E-state index in [9.17, 15) is 4.79 Å². The molecular formula is C17H18N4O4. The van der Waals surface area contributed by atoms with E-state index in [0.717, 1.165) is 18.4 Å². The first kappa shape index (κ1) is 16.9. The molecule has 1 saturated heterocycles. The molecule has 1 fully saturated rings. The van der Waals surface area contributed by atoms with E-state index in [1.807, 2.05) is 12.1 Å². The van der Waals surface area contributed by atoms with Gasteiger partial charge in [-0.3, -0.25) is 4.98 Å². The Morgan fingerprint density at radius 3 is 2.84 bits per heavy atom. The summed E-state index contributed by atoms with van der Waals surface area (Å²) >= 11 is 0. The molecule has 1 aliphatic rings. The van der Waals surface area contributed by atoms with Gasteiger partial charge < -0.3 is 18.9 Å². The van der Waals surface area contributed by atoms with Gasteiger partial charge in [-0.2, -0.15) is 4.98 Å². The zero-order chi connectivity index (χ0) is 17.5. The second-order valence-electron chi connectivity index (χ2n) is 5.50. The highest BCUT2D eigenvalue weighted by molar-refractivity contribution is 5.67. The number of terminal acetylenes is 1. The van der Waals surface area contributed by atoms with Crippen LogP contribution >= 0.6 is 0 Å². The number of carbonyl (C=O) groups excluding carboxylic acids is 1. The van der Waals surface area contributed by atoms with Gasteiger partial charge in [-0.1, -0.05) is 11.1 Å². The van der Waals surface area contributed by atoms with E-state index in [0.29, 0.717) is 24.8 Å². The van der Waals surface area contributed by atoms with Gasteiger partial charge in [-0.05, 0) is 25.0 Å². The number of ether oxygens (including phenoxy) is 2. The number of amides is 1. The Morgan fingerprint density at radius 1 is 1.36 bits per heavy atom. The minimum atomic E-state index is -0.379. The summed E-state index contributed by atoms with van der Waals surface area (Å²) in [4.78, 5) is 21.6. The van der Waals surface area contributed by atoms with Crippen LogP contribution in [-0.2, 0) is 16.1 Å². The van der Waals surface area contributed by atoms with Crippen LogP contribution in [0.15, 0.2) is 29.0 Å². The second kappa shape index (κ2) is 8.26. The first-order chi connectivity index (χ1) is 12.3. The van der Waals surface area contributed by atoms with Crippen molar-refractivity contribution in [1.82, 2.24) is 20.0 Å². The van der Waals surface area contributed by atoms with Gasteiger partial charge in [0, 0.05) is 31.0 Å². The van der Waals surface area contributed by atoms with Gasteiger partial charge in [0.25, 0.3) is 5.89 Å². The van der Waals surface area contributed by atoms with Crippen molar-refractivity contribution in [2.24, 2.45) is 0 Å². The summed E-state index contributed by atoms with van der Waals surface area (Å²) in [6.07, 6.45) is 9.51. The molecular weight excluding hydrogens is 324 g/mol. The maximum atomic E-state index is 11.7. The topological polar surface area (TPSA) is 90.6 Å². The number of piperidine rings is 1. The molecule has 130 valence electrons. The smallest absolute Gasteiger partial charge is 0.410 e. The van der Waals surface area contributed by atoms with Crippen LogP contribution in [0.4, 0.5) is 4.79 Å². The average molecular weight is 342 g/mol. The van der Waals surface area contributed by atoms with E-state index in [-0.39, 0.29) is 25.4 Å². The van der Waals surface area contributed by atoms with Crippen molar-refractivity contribution in [1.29, 1.82) is 0 Å². The van der Waals surface area contributed by atoms with Gasteiger partial charge in [0.1, 0.15) is 6.61 Å². The number of aromatic nitrogens is 3. The quantitative estimate of drug-likeness (QED) is 0.766. The Morgan fingerprint density at radius 2 is 2.12 bits per heavy atom. The van der Waals surface area contributed by atoms with Crippen LogP contribution in [-0.4, -0.2) is 51.9 Å². The molecule has 0 unspecified atom stereocenters. The molecule has 0 N–H and O–H groups in total. The van der Waals surface area contributed by atoms with Crippen molar-refractivity contribution >= 4 is 6.09 Å². The first-order valence-corrected chi connectivity index (χ1v) is 7.96. The SMILES string of the molecule is C#CCOC(=O)N1CCC(OCc2nc(-c3ccncc3)no2)CC1. The highest BCUT2D eigenvalue weighted by Crippen LogP contribution is 2.18. The van der Waals surface area contributed by atoms with Crippen LogP contribution in [0.5, 0.6) is 0 Å². The summed E-state index contributed by atoms with van der Waals surface area (Å²) in [5.74, 6) is 3.20. The van der Waals surface area contributed by atoms with Crippen molar-refractivity contribution in [3.8, 4) is 23.7 Å². The van der Waals surface area contributed by atoms with Crippen molar-refractivity contribution in [2.75, 3.05) is 19.7 Å². The lowest BCUT2D eigenvalue weighted by Gasteiger charge is -2.30. The molecule has 8 heteroatoms. The zero-order valence-electron chi connectivity index (χ0n) is 13.6. The summed E-state index contributed by atoms with van der Waals surface area (Å²) in [5.41, 5.74) is 0.837. The van der Waals surface area contributed by atoms with E-state index in [2.05, 4.69) is 21.0 Å². The molecule has 3 heterocycles. The molecule has 1 amide bonds. The van der Waals surface area contributed by atoms with Crippen LogP contribution in [0.1, 0.15) is 18.7 Å². The number of rotatable bonds is 5. The van der Waals surface area contributed by atoms with Crippen LogP contribution in [0.25, 0.3) is 11.4 Å². The Hall–Kier alpha value is -2.92. The second-order valence-corrected chi connectivity index (χ2v) is 5.50. The summed E-state index contributed by atoms with van der Waals surface area (Å²) in [6, 6.07) is 3.62. The van der Waals surface area contributed by atoms with E-state index in [1.165, 1.54) is 0 Å². The number of carbonyl (C=O) groups is 1. The van der Waals surface area contributed by atoms with Gasteiger partial charge in [0.05, 0.1) is 6.10 Å². The highest BCUT2D eigenvalue weighted by atomic mass is 16.6. The summed E-state index contributed by atoms with van der Waals surface area (Å²) in [6.45, 7) is 1.37. The third kappa shape index (κ3) is 4.55. The third-order valence-electron chi connectivity index (χ3n) is 3.83. The van der Waals surface area contributed by atoms with Crippen LogP contribution in [0.2, 0.25) is 0 Å². The summed E-state index contributed by atoms with van der Waals surface area (Å²) in [5, 5.41) is 3.93. The standard InChI is InChI=1S/C17H18N4O4/c1-2-11-23-17(22)21-9-5-14(6-10-21)24-12-15-19-16(20-25-15)13-3-7-18-8-4-13/h1,3-4,7-8,14H,5-6,9-12H2. The van der Waals surface area contributed by atoms with Crippen LogP contribution in [0, 0.1) is 12.3 Å². The molecule has 0 saturated carbocycles. The predicted molar refractivity (Wildman–Crippen MR) is 87.1 cm³/mol. The fourth-order valence-electron chi connectivity index (χ4n) is 2.52. The maximum absolute atomic E-state index is 11.7. The van der Waals surface area contributed by atoms with Crippen LogP contribution in [0.3, 0.4) is 0 Å². The fourth-order valence-corrected chi connectivity index (χ4v) is 2.52. The van der Waals surface area contributed by atoms with Crippen molar-refractivity contribution in [3.05, 3.63) is 30.4 Å². The molecule has 0 atom stereocenters. The van der Waals surface area contributed by atoms with Gasteiger partial charge in [0.15, 0.2) is 6.61 Å². The molecule has 2 aromatic rings. The number of hydrogen-bond donors (Lipinski definition) is 0. The molecule has 0 aromatic carbocycles. The van der Waals surface area contributed by atoms with Crippen molar-refractivity contribution < 1.29 is 18.8 Å². The van der Waals surface area contributed by atoms with Gasteiger partial charge in [-0.15, -0.1) is 6.42 Å². The lowest BCUT2D eigenvalue weighted by Crippen LogP contribution is -2.41. The molecule has 0 aliphatic carbocycles. The maximum Gasteiger partial charge on any atom is 0.410 e. The molecule has 0 bridgehead atoms. The normalized spacial score (nSPS) is 14.9. The highest BCUT2D eigenvalue weighted by Gasteiger charge is 2.24. The average Bonchev–Trinajstić information content (AvgIpc) is 3.14. The molecule has 8 nitrogen and oxygen atoms in total. The molecule has 25 heavy (non-hydrogen) atoms. The molecule has 0 radical (unpaired) electrons. The lowest BCUT2D eigenvalue weighted by atomic mass is 10.1. The predicted octanol–water partition coefficient (Wildman–Crippen LogP) is 1.88. The summed E-state index contributed by atoms with van der Waals surface area (Å²) < 4.78 is 15.9. The molecule has 0 spiro atoms. The zero-order valence-corrected chi connectivity index (χ0v) is 13.6. The minimum absolute atomic E-state index is 0.00770. The van der Waals surface area contributed by atoms with E-state index < -0.39 is 0 Å². The summed E-state index contributed by atoms with van der Waals surface area (Å²) in [7, 11) is 0. The third-order valence-corrected chi connectivity index (χ3v) is 3.83.